The minimum Gasteiger partial charge on any atom is -0.497 e. The van der Waals surface area contributed by atoms with Crippen LogP contribution in [0, 0.1) is 0 Å². The van der Waals surface area contributed by atoms with Gasteiger partial charge in [0.1, 0.15) is 11.8 Å². The van der Waals surface area contributed by atoms with Gasteiger partial charge in [-0.25, -0.2) is 0 Å². The number of aromatic nitrogens is 2. The molecule has 5 nitrogen and oxygen atoms in total. The van der Waals surface area contributed by atoms with Gasteiger partial charge in [-0.2, -0.15) is 5.10 Å². The lowest BCUT2D eigenvalue weighted by atomic mass is 10.2. The Morgan fingerprint density at radius 1 is 1.42 bits per heavy atom. The predicted molar refractivity (Wildman–Crippen MR) is 76.3 cm³/mol. The zero-order chi connectivity index (χ0) is 13.8. The third kappa shape index (κ3) is 3.35. The van der Waals surface area contributed by atoms with Gasteiger partial charge in [-0.15, -0.1) is 0 Å². The average molecular weight is 324 g/mol. The Morgan fingerprint density at radius 3 is 2.63 bits per heavy atom. The number of carbonyl (C=O) groups excluding carboxylic acids is 1. The van der Waals surface area contributed by atoms with Crippen molar-refractivity contribution in [3.05, 3.63) is 41.1 Å². The van der Waals surface area contributed by atoms with Gasteiger partial charge in [0, 0.05) is 11.9 Å². The molecular weight excluding hydrogens is 310 g/mol. The number of benzene rings is 1. The van der Waals surface area contributed by atoms with Gasteiger partial charge in [-0.1, -0.05) is 0 Å². The zero-order valence-electron chi connectivity index (χ0n) is 10.6. The van der Waals surface area contributed by atoms with Gasteiger partial charge in [-0.3, -0.25) is 9.48 Å². The highest BCUT2D eigenvalue weighted by Gasteiger charge is 2.15. The van der Waals surface area contributed by atoms with Gasteiger partial charge in [0.15, 0.2) is 0 Å². The minimum atomic E-state index is -0.381. The second kappa shape index (κ2) is 5.88. The van der Waals surface area contributed by atoms with Crippen LogP contribution in [-0.2, 0) is 4.79 Å². The van der Waals surface area contributed by atoms with Crippen LogP contribution in [0.1, 0.15) is 13.0 Å². The quantitative estimate of drug-likeness (QED) is 0.941. The van der Waals surface area contributed by atoms with Crippen LogP contribution in [0.2, 0.25) is 0 Å². The van der Waals surface area contributed by atoms with Gasteiger partial charge in [0.25, 0.3) is 0 Å². The molecule has 0 aliphatic rings. The third-order valence-electron chi connectivity index (χ3n) is 2.70. The van der Waals surface area contributed by atoms with Crippen LogP contribution < -0.4 is 10.1 Å². The minimum absolute atomic E-state index is 0.124. The molecule has 0 fully saturated rings. The van der Waals surface area contributed by atoms with E-state index in [2.05, 4.69) is 26.3 Å². The lowest BCUT2D eigenvalue weighted by Gasteiger charge is -2.12. The third-order valence-corrected chi connectivity index (χ3v) is 3.11. The first-order chi connectivity index (χ1) is 9.10. The monoisotopic (exact) mass is 323 g/mol. The van der Waals surface area contributed by atoms with E-state index in [0.29, 0.717) is 0 Å². The Labute approximate surface area is 119 Å². The molecule has 0 aliphatic heterocycles. The number of ether oxygens (including phenoxy) is 1. The number of hydrogen-bond donors (Lipinski definition) is 1. The lowest BCUT2D eigenvalue weighted by Crippen LogP contribution is -2.23. The molecule has 2 aromatic rings. The Kier molecular flexibility index (Phi) is 4.21. The van der Waals surface area contributed by atoms with E-state index < -0.39 is 0 Å². The normalized spacial score (nSPS) is 11.9. The van der Waals surface area contributed by atoms with Crippen molar-refractivity contribution in [2.75, 3.05) is 12.4 Å². The maximum Gasteiger partial charge on any atom is 0.248 e. The van der Waals surface area contributed by atoms with Gasteiger partial charge < -0.3 is 10.1 Å². The van der Waals surface area contributed by atoms with Crippen molar-refractivity contribution in [1.82, 2.24) is 9.78 Å². The molecule has 0 aliphatic carbocycles. The first-order valence-electron chi connectivity index (χ1n) is 5.74. The Balaban J connectivity index is 2.03. The van der Waals surface area contributed by atoms with Crippen molar-refractivity contribution in [1.29, 1.82) is 0 Å². The Bertz CT molecular complexity index is 566. The maximum atomic E-state index is 12.1. The van der Waals surface area contributed by atoms with Crippen molar-refractivity contribution in [3.63, 3.8) is 0 Å². The summed E-state index contributed by atoms with van der Waals surface area (Å²) in [5.74, 6) is 0.628. The number of nitrogens with zero attached hydrogens (tertiary/aromatic N) is 2. The number of amides is 1. The standard InChI is InChI=1S/C13H14BrN3O2/c1-9(17-8-10(14)7-15-17)13(18)16-11-3-5-12(19-2)6-4-11/h3-9H,1-2H3,(H,16,18). The first-order valence-corrected chi connectivity index (χ1v) is 6.54. The fraction of sp³-hybridized carbons (Fsp3) is 0.231. The van der Waals surface area contributed by atoms with Crippen LogP contribution in [0.3, 0.4) is 0 Å². The average Bonchev–Trinajstić information content (AvgIpc) is 2.85. The highest BCUT2D eigenvalue weighted by Crippen LogP contribution is 2.17. The van der Waals surface area contributed by atoms with Gasteiger partial charge >= 0.3 is 0 Å². The molecule has 0 bridgehead atoms. The van der Waals surface area contributed by atoms with Crippen LogP contribution in [0.5, 0.6) is 5.75 Å². The summed E-state index contributed by atoms with van der Waals surface area (Å²) in [6.45, 7) is 1.79. The summed E-state index contributed by atoms with van der Waals surface area (Å²) >= 11 is 3.30. The molecule has 19 heavy (non-hydrogen) atoms. The second-order valence-corrected chi connectivity index (χ2v) is 4.95. The second-order valence-electron chi connectivity index (χ2n) is 4.03. The van der Waals surface area contributed by atoms with Crippen LogP contribution in [0.25, 0.3) is 0 Å². The van der Waals surface area contributed by atoms with Crippen LogP contribution >= 0.6 is 15.9 Å². The highest BCUT2D eigenvalue weighted by molar-refractivity contribution is 9.10. The molecule has 1 N–H and O–H groups in total. The van der Waals surface area contributed by atoms with E-state index in [1.54, 1.807) is 55.4 Å². The lowest BCUT2D eigenvalue weighted by molar-refractivity contribution is -0.119. The SMILES string of the molecule is COc1ccc(NC(=O)C(C)n2cc(Br)cn2)cc1. The number of rotatable bonds is 4. The molecule has 0 radical (unpaired) electrons. The molecule has 1 aromatic carbocycles. The van der Waals surface area contributed by atoms with Gasteiger partial charge in [-0.05, 0) is 47.1 Å². The van der Waals surface area contributed by atoms with Crippen LogP contribution in [0.4, 0.5) is 5.69 Å². The number of nitrogens with one attached hydrogen (secondary N) is 1. The number of halogens is 1. The van der Waals surface area contributed by atoms with E-state index in [-0.39, 0.29) is 11.9 Å². The van der Waals surface area contributed by atoms with Crippen molar-refractivity contribution in [2.45, 2.75) is 13.0 Å². The van der Waals surface area contributed by atoms with Crippen LogP contribution in [-0.4, -0.2) is 22.8 Å². The van der Waals surface area contributed by atoms with Gasteiger partial charge in [0.05, 0.1) is 17.8 Å². The van der Waals surface area contributed by atoms with Crippen molar-refractivity contribution in [3.8, 4) is 5.75 Å². The van der Waals surface area contributed by atoms with E-state index in [4.69, 9.17) is 4.74 Å². The molecule has 0 spiro atoms. The predicted octanol–water partition coefficient (Wildman–Crippen LogP) is 2.85. The molecule has 0 saturated carbocycles. The van der Waals surface area contributed by atoms with Crippen molar-refractivity contribution in [2.24, 2.45) is 0 Å². The molecule has 1 heterocycles. The molecule has 6 heteroatoms. The maximum absolute atomic E-state index is 12.1. The summed E-state index contributed by atoms with van der Waals surface area (Å²) in [5, 5.41) is 6.92. The van der Waals surface area contributed by atoms with E-state index in [9.17, 15) is 4.79 Å². The van der Waals surface area contributed by atoms with E-state index in [0.717, 1.165) is 15.9 Å². The number of carbonyl (C=O) groups is 1. The number of hydrogen-bond acceptors (Lipinski definition) is 3. The largest absolute Gasteiger partial charge is 0.497 e. The number of anilines is 1. The summed E-state index contributed by atoms with van der Waals surface area (Å²) in [5.41, 5.74) is 0.726. The fourth-order valence-corrected chi connectivity index (χ4v) is 1.87. The van der Waals surface area contributed by atoms with E-state index in [1.165, 1.54) is 0 Å². The Hall–Kier alpha value is -1.82. The molecule has 1 unspecified atom stereocenters. The van der Waals surface area contributed by atoms with Crippen LogP contribution in [0.15, 0.2) is 41.1 Å². The van der Waals surface area contributed by atoms with Crippen molar-refractivity contribution < 1.29 is 9.53 Å². The molecule has 100 valence electrons. The fourth-order valence-electron chi connectivity index (χ4n) is 1.57. The summed E-state index contributed by atoms with van der Waals surface area (Å²) in [6, 6.07) is 6.80. The summed E-state index contributed by atoms with van der Waals surface area (Å²) < 4.78 is 7.51. The molecule has 2 rings (SSSR count). The van der Waals surface area contributed by atoms with Gasteiger partial charge in [0.2, 0.25) is 5.91 Å². The Morgan fingerprint density at radius 2 is 2.11 bits per heavy atom. The summed E-state index contributed by atoms with van der Waals surface area (Å²) in [6.07, 6.45) is 3.41. The topological polar surface area (TPSA) is 56.1 Å². The number of methoxy groups -OCH3 is 1. The molecular formula is C13H14BrN3O2. The molecule has 0 saturated heterocycles. The molecule has 1 aromatic heterocycles. The zero-order valence-corrected chi connectivity index (χ0v) is 12.2. The van der Waals surface area contributed by atoms with Crippen molar-refractivity contribution >= 4 is 27.5 Å². The smallest absolute Gasteiger partial charge is 0.248 e. The van der Waals surface area contributed by atoms with E-state index >= 15 is 0 Å². The van der Waals surface area contributed by atoms with E-state index in [1.807, 2.05) is 0 Å². The first kappa shape index (κ1) is 13.6. The molecule has 1 atom stereocenters. The molecule has 1 amide bonds. The summed E-state index contributed by atoms with van der Waals surface area (Å²) in [7, 11) is 1.60. The summed E-state index contributed by atoms with van der Waals surface area (Å²) in [4.78, 5) is 12.1. The highest BCUT2D eigenvalue weighted by atomic mass is 79.9.